The zero-order valence-electron chi connectivity index (χ0n) is 32.5. The molecule has 12 nitrogen and oxygen atoms in total. The van der Waals surface area contributed by atoms with Gasteiger partial charge in [-0.3, -0.25) is 9.59 Å². The monoisotopic (exact) mass is 785 g/mol. The van der Waals surface area contributed by atoms with Crippen LogP contribution in [0, 0.1) is 12.8 Å². The molecule has 0 saturated carbocycles. The molecule has 2 aliphatic heterocycles. The number of aliphatic hydroxyl groups excluding tert-OH is 1. The number of benzene rings is 3. The van der Waals surface area contributed by atoms with Crippen molar-refractivity contribution in [1.82, 2.24) is 30.6 Å². The van der Waals surface area contributed by atoms with Crippen molar-refractivity contribution < 1.29 is 24.3 Å². The molecular formula is C44H47N7O5S. The number of likely N-dealkylation sites (tertiary alicyclic amines) is 1. The van der Waals surface area contributed by atoms with Gasteiger partial charge in [-0.15, -0.1) is 21.5 Å². The number of para-hydroxylation sites is 1. The van der Waals surface area contributed by atoms with E-state index in [0.717, 1.165) is 69.9 Å². The number of aliphatic hydroxyl groups is 1. The summed E-state index contributed by atoms with van der Waals surface area (Å²) in [6.45, 7) is 9.54. The van der Waals surface area contributed by atoms with E-state index in [2.05, 4.69) is 42.7 Å². The van der Waals surface area contributed by atoms with Gasteiger partial charge in [0.15, 0.2) is 0 Å². The number of piperidine rings is 1. The number of aromatic hydroxyl groups is 1. The first-order valence-corrected chi connectivity index (χ1v) is 20.5. The normalized spacial score (nSPS) is 18.6. The second kappa shape index (κ2) is 16.1. The number of hydrogen-bond donors (Lipinski definition) is 3. The lowest BCUT2D eigenvalue weighted by atomic mass is 9.89. The van der Waals surface area contributed by atoms with Crippen molar-refractivity contribution >= 4 is 39.7 Å². The van der Waals surface area contributed by atoms with Gasteiger partial charge in [-0.05, 0) is 80.1 Å². The van der Waals surface area contributed by atoms with Crippen molar-refractivity contribution in [2.45, 2.75) is 77.0 Å². The molecule has 2 fully saturated rings. The van der Waals surface area contributed by atoms with Crippen LogP contribution in [0.4, 0.5) is 5.69 Å². The van der Waals surface area contributed by atoms with Gasteiger partial charge in [0.25, 0.3) is 0 Å². The summed E-state index contributed by atoms with van der Waals surface area (Å²) in [7, 11) is 0. The number of anilines is 1. The molecule has 2 aliphatic rings. The van der Waals surface area contributed by atoms with E-state index in [1.165, 1.54) is 4.90 Å². The van der Waals surface area contributed by atoms with Crippen molar-refractivity contribution in [2.24, 2.45) is 5.92 Å². The van der Waals surface area contributed by atoms with E-state index in [9.17, 15) is 19.8 Å². The van der Waals surface area contributed by atoms with Gasteiger partial charge in [0.05, 0.1) is 45.1 Å². The van der Waals surface area contributed by atoms with E-state index >= 15 is 0 Å². The molecule has 294 valence electrons. The number of fused-ring (bicyclic) bond motifs is 1. The maximum Gasteiger partial charge on any atom is 0.243 e. The van der Waals surface area contributed by atoms with Gasteiger partial charge < -0.3 is 29.9 Å². The number of amides is 2. The fourth-order valence-corrected chi connectivity index (χ4v) is 9.05. The molecule has 3 aromatic carbocycles. The zero-order valence-corrected chi connectivity index (χ0v) is 33.3. The summed E-state index contributed by atoms with van der Waals surface area (Å²) in [6.07, 6.45) is 1.07. The average molecular weight is 786 g/mol. The first kappa shape index (κ1) is 38.2. The Morgan fingerprint density at radius 2 is 1.74 bits per heavy atom. The van der Waals surface area contributed by atoms with Crippen LogP contribution < -0.4 is 10.2 Å². The number of phenolic OH excluding ortho intramolecular Hbond substituents is 1. The molecule has 0 aliphatic carbocycles. The number of β-amino-alcohol motifs (C(OH)–C–C–N with tert-alkyl or cyclic N) is 1. The molecule has 1 unspecified atom stereocenters. The second-order valence-corrected chi connectivity index (χ2v) is 16.5. The molecule has 13 heteroatoms. The molecule has 8 rings (SSSR count). The Balaban J connectivity index is 0.914. The predicted molar refractivity (Wildman–Crippen MR) is 220 cm³/mol. The Hall–Kier alpha value is -5.66. The lowest BCUT2D eigenvalue weighted by Gasteiger charge is -2.33. The van der Waals surface area contributed by atoms with Crippen LogP contribution in [0.25, 0.3) is 32.6 Å². The molecule has 5 heterocycles. The highest BCUT2D eigenvalue weighted by Crippen LogP contribution is 2.37. The minimum Gasteiger partial charge on any atom is -0.507 e. The number of nitrogens with one attached hydrogen (secondary N) is 1. The minimum absolute atomic E-state index is 0.0776. The summed E-state index contributed by atoms with van der Waals surface area (Å²) in [5.74, 6) is -0.526. The summed E-state index contributed by atoms with van der Waals surface area (Å²) in [5.41, 5.74) is 8.79. The molecule has 3 aromatic heterocycles. The van der Waals surface area contributed by atoms with Crippen molar-refractivity contribution in [3.8, 4) is 27.4 Å². The summed E-state index contributed by atoms with van der Waals surface area (Å²) in [6, 6.07) is 24.1. The van der Waals surface area contributed by atoms with Gasteiger partial charge in [-0.2, -0.15) is 0 Å². The number of carbonyl (C=O) groups excluding carboxylic acids is 2. The molecule has 0 spiro atoms. The number of rotatable bonds is 10. The molecule has 4 atom stereocenters. The molecule has 0 radical (unpaired) electrons. The van der Waals surface area contributed by atoms with Crippen molar-refractivity contribution in [1.29, 1.82) is 0 Å². The number of aromatic nitrogens is 4. The van der Waals surface area contributed by atoms with Gasteiger partial charge in [0.1, 0.15) is 23.5 Å². The first-order valence-electron chi connectivity index (χ1n) is 19.6. The number of phenols is 1. The van der Waals surface area contributed by atoms with Crippen LogP contribution in [0.5, 0.6) is 5.75 Å². The van der Waals surface area contributed by atoms with E-state index < -0.39 is 18.1 Å². The lowest BCUT2D eigenvalue weighted by Crippen LogP contribution is -2.48. The van der Waals surface area contributed by atoms with Crippen molar-refractivity contribution in [3.05, 3.63) is 107 Å². The number of thiazole rings is 1. The number of aryl methyl sites for hydroxylation is 1. The lowest BCUT2D eigenvalue weighted by molar-refractivity contribution is -0.141. The highest BCUT2D eigenvalue weighted by Gasteiger charge is 2.43. The van der Waals surface area contributed by atoms with E-state index in [1.54, 1.807) is 23.5 Å². The molecule has 57 heavy (non-hydrogen) atoms. The van der Waals surface area contributed by atoms with Crippen molar-refractivity contribution in [3.63, 3.8) is 0 Å². The maximum atomic E-state index is 14.3. The average Bonchev–Trinajstić information content (AvgIpc) is 3.98. The van der Waals surface area contributed by atoms with Gasteiger partial charge in [0.2, 0.25) is 11.8 Å². The fraction of sp³-hybridized carbons (Fsp3) is 0.364. The molecule has 2 saturated heterocycles. The summed E-state index contributed by atoms with van der Waals surface area (Å²) >= 11 is 1.60. The Bertz CT molecular complexity index is 2390. The van der Waals surface area contributed by atoms with E-state index in [4.69, 9.17) is 4.52 Å². The van der Waals surface area contributed by atoms with E-state index in [0.29, 0.717) is 17.0 Å². The highest BCUT2D eigenvalue weighted by molar-refractivity contribution is 7.13. The Morgan fingerprint density at radius 3 is 2.46 bits per heavy atom. The smallest absolute Gasteiger partial charge is 0.243 e. The van der Waals surface area contributed by atoms with Crippen LogP contribution in [-0.2, 0) is 9.59 Å². The summed E-state index contributed by atoms with van der Waals surface area (Å²) in [4.78, 5) is 37.4. The topological polar surface area (TPSA) is 158 Å². The van der Waals surface area contributed by atoms with Crippen LogP contribution in [0.2, 0.25) is 0 Å². The molecular weight excluding hydrogens is 739 g/mol. The Kier molecular flexibility index (Phi) is 10.8. The van der Waals surface area contributed by atoms with Crippen molar-refractivity contribution in [2.75, 3.05) is 24.5 Å². The number of nitrogens with zero attached hydrogens (tertiary/aromatic N) is 6. The zero-order chi connectivity index (χ0) is 39.8. The molecule has 6 aromatic rings. The fourth-order valence-electron chi connectivity index (χ4n) is 8.24. The number of carbonyl (C=O) groups is 2. The third-order valence-electron chi connectivity index (χ3n) is 11.5. The second-order valence-electron chi connectivity index (χ2n) is 15.6. The predicted octanol–water partition coefficient (Wildman–Crippen LogP) is 7.39. The van der Waals surface area contributed by atoms with E-state index in [1.807, 2.05) is 87.8 Å². The van der Waals surface area contributed by atoms with Gasteiger partial charge in [-0.1, -0.05) is 55.4 Å². The van der Waals surface area contributed by atoms with Crippen LogP contribution in [0.1, 0.15) is 80.6 Å². The molecule has 2 amide bonds. The molecule has 0 bridgehead atoms. The first-order chi connectivity index (χ1) is 27.5. The maximum absolute atomic E-state index is 14.3. The van der Waals surface area contributed by atoms with E-state index in [-0.39, 0.29) is 48.4 Å². The van der Waals surface area contributed by atoms with Gasteiger partial charge in [-0.25, -0.2) is 4.98 Å². The molecule has 3 N–H and O–H groups in total. The van der Waals surface area contributed by atoms with Crippen LogP contribution in [-0.4, -0.2) is 79.0 Å². The van der Waals surface area contributed by atoms with Crippen LogP contribution >= 0.6 is 11.3 Å². The largest absolute Gasteiger partial charge is 0.507 e. The minimum atomic E-state index is -0.805. The quantitative estimate of drug-likeness (QED) is 0.128. The summed E-state index contributed by atoms with van der Waals surface area (Å²) in [5, 5.41) is 38.3. The SMILES string of the molecule is Cc1ncsc1-c1ccc([C@H](C)NC(=O)[C@@H]2C[C@@H](O)CN2C(=O)C(c2cc(C3CCN(c4ccc5nnc(-c6ccccc6O)cc5c4)CC3)no2)C(C)C)cc1. The summed E-state index contributed by atoms with van der Waals surface area (Å²) < 4.78 is 5.92. The van der Waals surface area contributed by atoms with Crippen LogP contribution in [0.15, 0.2) is 88.9 Å². The third-order valence-corrected chi connectivity index (χ3v) is 12.4. The Morgan fingerprint density at radius 1 is 0.965 bits per heavy atom. The highest BCUT2D eigenvalue weighted by atomic mass is 32.1. The van der Waals surface area contributed by atoms with Gasteiger partial charge >= 0.3 is 0 Å². The van der Waals surface area contributed by atoms with Gasteiger partial charge in [0, 0.05) is 54.7 Å². The third kappa shape index (κ3) is 7.86. The standard InChI is InChI=1S/C44H47N7O5S/c1-25(2)41(44(55)51-23-33(52)21-38(51)43(54)46-26(3)28-9-11-30(12-10-28)42-27(4)45-24-57-42)40-22-36(49-56-40)29-15-17-50(18-16-29)32-13-14-35-31(19-32)20-37(48-47-35)34-7-5-6-8-39(34)53/h5-14,19-20,22,24-26,29,33,38,41,52-53H,15-18,21,23H2,1-4H3,(H,46,54)/t26-,33+,38-,41?/m0/s1. The Labute approximate surface area is 335 Å². The number of hydrogen-bond acceptors (Lipinski definition) is 11. The van der Waals surface area contributed by atoms with Crippen LogP contribution in [0.3, 0.4) is 0 Å².